The minimum Gasteiger partial charge on any atom is -0.354 e. The van der Waals surface area contributed by atoms with Gasteiger partial charge in [-0.15, -0.1) is 0 Å². The Labute approximate surface area is 140 Å². The smallest absolute Gasteiger partial charge is 0.224 e. The van der Waals surface area contributed by atoms with Crippen molar-refractivity contribution in [1.29, 1.82) is 0 Å². The van der Waals surface area contributed by atoms with Crippen molar-refractivity contribution in [3.8, 4) is 0 Å². The van der Waals surface area contributed by atoms with Crippen molar-refractivity contribution in [2.24, 2.45) is 5.92 Å². The minimum atomic E-state index is 0.0943. The zero-order chi connectivity index (χ0) is 16.7. The molecule has 1 aliphatic heterocycles. The lowest BCUT2D eigenvalue weighted by Gasteiger charge is -2.32. The molecule has 0 aromatic heterocycles. The van der Waals surface area contributed by atoms with Crippen molar-refractivity contribution in [3.63, 3.8) is 0 Å². The van der Waals surface area contributed by atoms with Crippen molar-refractivity contribution < 1.29 is 4.79 Å². The summed E-state index contributed by atoms with van der Waals surface area (Å²) in [5.74, 6) is 0.287. The molecule has 1 heterocycles. The average molecular weight is 317 g/mol. The quantitative estimate of drug-likeness (QED) is 0.812. The number of carbonyl (C=O) groups is 1. The van der Waals surface area contributed by atoms with Crippen molar-refractivity contribution in [2.75, 3.05) is 26.2 Å². The van der Waals surface area contributed by atoms with Crippen molar-refractivity contribution in [3.05, 3.63) is 35.9 Å². The Balaban J connectivity index is 2.01. The number of hydrogen-bond acceptors (Lipinski definition) is 3. The molecule has 4 nitrogen and oxygen atoms in total. The van der Waals surface area contributed by atoms with Gasteiger partial charge in [0.15, 0.2) is 0 Å². The number of carbonyl (C=O) groups excluding carboxylic acids is 1. The fourth-order valence-electron chi connectivity index (χ4n) is 3.53. The van der Waals surface area contributed by atoms with Crippen molar-refractivity contribution in [2.45, 2.75) is 45.7 Å². The Morgan fingerprint density at radius 3 is 2.61 bits per heavy atom. The first-order valence-electron chi connectivity index (χ1n) is 8.97. The Bertz CT molecular complexity index is 473. The van der Waals surface area contributed by atoms with Gasteiger partial charge in [-0.2, -0.15) is 0 Å². The Hall–Kier alpha value is -1.39. The molecule has 0 spiro atoms. The third-order valence-electron chi connectivity index (χ3n) is 5.01. The highest BCUT2D eigenvalue weighted by Gasteiger charge is 2.28. The van der Waals surface area contributed by atoms with Crippen LogP contribution in [0.4, 0.5) is 0 Å². The van der Waals surface area contributed by atoms with E-state index < -0.39 is 0 Å². The topological polar surface area (TPSA) is 44.4 Å². The largest absolute Gasteiger partial charge is 0.354 e. The van der Waals surface area contributed by atoms with E-state index in [-0.39, 0.29) is 23.9 Å². The van der Waals surface area contributed by atoms with E-state index in [0.717, 1.165) is 32.5 Å². The number of nitrogens with one attached hydrogen (secondary N) is 2. The SMILES string of the molecule is CCN(CC)C(CNC(=O)C1CCCNC1C)c1ccccc1. The number of hydrogen-bond donors (Lipinski definition) is 2. The van der Waals surface area contributed by atoms with Gasteiger partial charge in [-0.05, 0) is 45.0 Å². The number of likely N-dealkylation sites (N-methyl/N-ethyl adjacent to an activating group) is 1. The van der Waals surface area contributed by atoms with E-state index in [9.17, 15) is 4.79 Å². The number of benzene rings is 1. The fraction of sp³-hybridized carbons (Fsp3) is 0.632. The average Bonchev–Trinajstić information content (AvgIpc) is 2.59. The van der Waals surface area contributed by atoms with Crippen molar-refractivity contribution in [1.82, 2.24) is 15.5 Å². The molecular formula is C19H31N3O. The van der Waals surface area contributed by atoms with Gasteiger partial charge in [0, 0.05) is 12.6 Å². The highest BCUT2D eigenvalue weighted by atomic mass is 16.1. The first-order chi connectivity index (χ1) is 11.2. The Morgan fingerprint density at radius 2 is 2.00 bits per heavy atom. The standard InChI is InChI=1S/C19H31N3O/c1-4-22(5-2)18(16-10-7-6-8-11-16)14-21-19(23)17-12-9-13-20-15(17)3/h6-8,10-11,15,17-18,20H,4-5,9,12-14H2,1-3H3,(H,21,23). The van der Waals surface area contributed by atoms with Crippen LogP contribution in [0.1, 0.15) is 45.2 Å². The van der Waals surface area contributed by atoms with Gasteiger partial charge >= 0.3 is 0 Å². The molecule has 3 atom stereocenters. The van der Waals surface area contributed by atoms with Gasteiger partial charge in [0.2, 0.25) is 5.91 Å². The highest BCUT2D eigenvalue weighted by Crippen LogP contribution is 2.21. The van der Waals surface area contributed by atoms with Crippen LogP contribution in [-0.4, -0.2) is 43.0 Å². The Kier molecular flexibility index (Phi) is 7.06. The summed E-state index contributed by atoms with van der Waals surface area (Å²) in [6.45, 7) is 10.1. The second kappa shape index (κ2) is 9.04. The van der Waals surface area contributed by atoms with Gasteiger partial charge < -0.3 is 10.6 Å². The van der Waals surface area contributed by atoms with Crippen LogP contribution in [0.2, 0.25) is 0 Å². The van der Waals surface area contributed by atoms with Crippen LogP contribution in [0.15, 0.2) is 30.3 Å². The summed E-state index contributed by atoms with van der Waals surface area (Å²) in [4.78, 5) is 15.0. The number of rotatable bonds is 7. The molecule has 0 radical (unpaired) electrons. The lowest BCUT2D eigenvalue weighted by molar-refractivity contribution is -0.126. The maximum absolute atomic E-state index is 12.6. The Morgan fingerprint density at radius 1 is 1.30 bits per heavy atom. The number of amides is 1. The predicted octanol–water partition coefficient (Wildman–Crippen LogP) is 2.57. The van der Waals surface area contributed by atoms with Crippen LogP contribution >= 0.6 is 0 Å². The van der Waals surface area contributed by atoms with Gasteiger partial charge in [-0.3, -0.25) is 9.69 Å². The molecule has 0 aliphatic carbocycles. The number of nitrogens with zero attached hydrogens (tertiary/aromatic N) is 1. The van der Waals surface area contributed by atoms with Gasteiger partial charge in [0.1, 0.15) is 0 Å². The van der Waals surface area contributed by atoms with E-state index in [1.165, 1.54) is 5.56 Å². The van der Waals surface area contributed by atoms with E-state index in [4.69, 9.17) is 0 Å². The molecular weight excluding hydrogens is 286 g/mol. The second-order valence-corrected chi connectivity index (χ2v) is 6.38. The summed E-state index contributed by atoms with van der Waals surface area (Å²) in [7, 11) is 0. The van der Waals surface area contributed by atoms with Gasteiger partial charge in [-0.25, -0.2) is 0 Å². The molecule has 3 unspecified atom stereocenters. The monoisotopic (exact) mass is 317 g/mol. The molecule has 23 heavy (non-hydrogen) atoms. The molecule has 1 amide bonds. The predicted molar refractivity (Wildman–Crippen MR) is 95.3 cm³/mol. The van der Waals surface area contributed by atoms with Gasteiger partial charge in [0.25, 0.3) is 0 Å². The van der Waals surface area contributed by atoms with E-state index >= 15 is 0 Å². The highest BCUT2D eigenvalue weighted by molar-refractivity contribution is 5.79. The first-order valence-corrected chi connectivity index (χ1v) is 8.97. The van der Waals surface area contributed by atoms with E-state index in [1.54, 1.807) is 0 Å². The summed E-state index contributed by atoms with van der Waals surface area (Å²) in [5, 5.41) is 6.62. The van der Waals surface area contributed by atoms with E-state index in [0.29, 0.717) is 6.54 Å². The zero-order valence-electron chi connectivity index (χ0n) is 14.7. The second-order valence-electron chi connectivity index (χ2n) is 6.38. The van der Waals surface area contributed by atoms with Crippen LogP contribution in [-0.2, 0) is 4.79 Å². The molecule has 1 aromatic carbocycles. The molecule has 1 aromatic rings. The molecule has 128 valence electrons. The summed E-state index contributed by atoms with van der Waals surface area (Å²) in [5.41, 5.74) is 1.27. The van der Waals surface area contributed by atoms with Crippen LogP contribution in [0.5, 0.6) is 0 Å². The molecule has 0 bridgehead atoms. The maximum Gasteiger partial charge on any atom is 0.224 e. The molecule has 2 N–H and O–H groups in total. The van der Waals surface area contributed by atoms with Crippen LogP contribution < -0.4 is 10.6 Å². The molecule has 1 fully saturated rings. The lowest BCUT2D eigenvalue weighted by Crippen LogP contribution is -2.48. The fourth-order valence-corrected chi connectivity index (χ4v) is 3.53. The van der Waals surface area contributed by atoms with Gasteiger partial charge in [0.05, 0.1) is 12.0 Å². The first kappa shape index (κ1) is 18.0. The summed E-state index contributed by atoms with van der Waals surface area (Å²) in [6, 6.07) is 11.0. The normalized spacial score (nSPS) is 22.8. The van der Waals surface area contributed by atoms with E-state index in [2.05, 4.69) is 60.6 Å². The zero-order valence-corrected chi connectivity index (χ0v) is 14.7. The third kappa shape index (κ3) is 4.79. The van der Waals surface area contributed by atoms with Crippen molar-refractivity contribution >= 4 is 5.91 Å². The van der Waals surface area contributed by atoms with Crippen LogP contribution in [0.25, 0.3) is 0 Å². The summed E-state index contributed by atoms with van der Waals surface area (Å²) < 4.78 is 0. The lowest BCUT2D eigenvalue weighted by atomic mass is 9.91. The van der Waals surface area contributed by atoms with Gasteiger partial charge in [-0.1, -0.05) is 44.2 Å². The molecule has 4 heteroatoms. The minimum absolute atomic E-state index is 0.0943. The molecule has 1 saturated heterocycles. The van der Waals surface area contributed by atoms with E-state index in [1.807, 2.05) is 6.07 Å². The number of piperidine rings is 1. The molecule has 2 rings (SSSR count). The third-order valence-corrected chi connectivity index (χ3v) is 5.01. The molecule has 0 saturated carbocycles. The maximum atomic E-state index is 12.6. The van der Waals surface area contributed by atoms with Crippen LogP contribution in [0, 0.1) is 5.92 Å². The molecule has 1 aliphatic rings. The summed E-state index contributed by atoms with van der Waals surface area (Å²) >= 11 is 0. The van der Waals surface area contributed by atoms with Crippen LogP contribution in [0.3, 0.4) is 0 Å². The summed E-state index contributed by atoms with van der Waals surface area (Å²) in [6.07, 6.45) is 2.07.